The maximum absolute atomic E-state index is 12.3. The van der Waals surface area contributed by atoms with Crippen LogP contribution in [0.3, 0.4) is 0 Å². The molecular weight excluding hydrogens is 270 g/mol. The molecule has 2 aliphatic rings. The van der Waals surface area contributed by atoms with Crippen molar-refractivity contribution in [2.24, 2.45) is 5.92 Å². The zero-order chi connectivity index (χ0) is 14.1. The van der Waals surface area contributed by atoms with Crippen LogP contribution in [0.2, 0.25) is 0 Å². The Morgan fingerprint density at radius 1 is 1.45 bits per heavy atom. The summed E-state index contributed by atoms with van der Waals surface area (Å²) in [5.41, 5.74) is 1.05. The summed E-state index contributed by atoms with van der Waals surface area (Å²) < 4.78 is 0. The molecule has 2 heterocycles. The minimum atomic E-state index is -0.0329. The number of fused-ring (bicyclic) bond motifs is 1. The van der Waals surface area contributed by atoms with E-state index < -0.39 is 0 Å². The van der Waals surface area contributed by atoms with Gasteiger partial charge < -0.3 is 10.6 Å². The summed E-state index contributed by atoms with van der Waals surface area (Å²) in [4.78, 5) is 16.8. The lowest BCUT2D eigenvalue weighted by Gasteiger charge is -2.24. The van der Waals surface area contributed by atoms with E-state index in [1.54, 1.807) is 0 Å². The highest BCUT2D eigenvalue weighted by Crippen LogP contribution is 2.33. The number of carbonyl (C=O) groups is 1. The summed E-state index contributed by atoms with van der Waals surface area (Å²) in [5.74, 6) is 1.19. The van der Waals surface area contributed by atoms with Gasteiger partial charge in [-0.3, -0.25) is 4.79 Å². The summed E-state index contributed by atoms with van der Waals surface area (Å²) >= 11 is 1.52. The quantitative estimate of drug-likeness (QED) is 0.900. The normalized spacial score (nSPS) is 29.4. The third kappa shape index (κ3) is 2.88. The summed E-state index contributed by atoms with van der Waals surface area (Å²) in [6.07, 6.45) is 6.10. The van der Waals surface area contributed by atoms with E-state index in [1.807, 2.05) is 5.38 Å². The van der Waals surface area contributed by atoms with Gasteiger partial charge in [0.1, 0.15) is 0 Å². The van der Waals surface area contributed by atoms with E-state index in [0.717, 1.165) is 17.2 Å². The third-order valence-electron chi connectivity index (χ3n) is 4.52. The fourth-order valence-electron chi connectivity index (χ4n) is 3.32. The standard InChI is InChI=1S/C15H23N3OS/c1-9(2)13-8-20-15(17-13)18-14(19)12-7-10-5-3-4-6-11(10)16-12/h8-12,16H,3-7H2,1-2H3,(H,17,18,19). The number of aromatic nitrogens is 1. The molecular formula is C15H23N3OS. The molecule has 1 aliphatic carbocycles. The Bertz CT molecular complexity index is 471. The van der Waals surface area contributed by atoms with Crippen LogP contribution in [0.5, 0.6) is 0 Å². The Labute approximate surface area is 124 Å². The fourth-order valence-corrected chi connectivity index (χ4v) is 4.20. The second-order valence-electron chi connectivity index (χ2n) is 6.33. The Morgan fingerprint density at radius 3 is 2.95 bits per heavy atom. The highest BCUT2D eigenvalue weighted by atomic mass is 32.1. The average molecular weight is 293 g/mol. The van der Waals surface area contributed by atoms with E-state index in [2.05, 4.69) is 29.5 Å². The van der Waals surface area contributed by atoms with Gasteiger partial charge in [0.05, 0.1) is 11.7 Å². The van der Waals surface area contributed by atoms with Gasteiger partial charge in [-0.1, -0.05) is 26.7 Å². The first kappa shape index (κ1) is 14.0. The predicted molar refractivity (Wildman–Crippen MR) is 82.1 cm³/mol. The van der Waals surface area contributed by atoms with Gasteiger partial charge >= 0.3 is 0 Å². The molecule has 2 fully saturated rings. The smallest absolute Gasteiger partial charge is 0.243 e. The van der Waals surface area contributed by atoms with Crippen LogP contribution in [-0.4, -0.2) is 23.0 Å². The number of amides is 1. The number of nitrogens with one attached hydrogen (secondary N) is 2. The van der Waals surface area contributed by atoms with Crippen molar-refractivity contribution in [3.8, 4) is 0 Å². The number of carbonyl (C=O) groups excluding carboxylic acids is 1. The maximum atomic E-state index is 12.3. The number of hydrogen-bond acceptors (Lipinski definition) is 4. The van der Waals surface area contributed by atoms with Gasteiger partial charge in [-0.25, -0.2) is 4.98 Å². The molecule has 4 nitrogen and oxygen atoms in total. The van der Waals surface area contributed by atoms with Gasteiger partial charge in [0.25, 0.3) is 0 Å². The summed E-state index contributed by atoms with van der Waals surface area (Å²) in [7, 11) is 0. The Hall–Kier alpha value is -0.940. The minimum Gasteiger partial charge on any atom is -0.303 e. The van der Waals surface area contributed by atoms with Crippen LogP contribution < -0.4 is 10.6 Å². The van der Waals surface area contributed by atoms with Gasteiger partial charge in [0, 0.05) is 11.4 Å². The van der Waals surface area contributed by atoms with Crippen molar-refractivity contribution in [1.29, 1.82) is 0 Å². The zero-order valence-electron chi connectivity index (χ0n) is 12.2. The fraction of sp³-hybridized carbons (Fsp3) is 0.733. The van der Waals surface area contributed by atoms with Crippen molar-refractivity contribution in [2.75, 3.05) is 5.32 Å². The topological polar surface area (TPSA) is 54.0 Å². The summed E-state index contributed by atoms with van der Waals surface area (Å²) in [6.45, 7) is 4.23. The van der Waals surface area contributed by atoms with Crippen molar-refractivity contribution in [3.05, 3.63) is 11.1 Å². The lowest BCUT2D eigenvalue weighted by molar-refractivity contribution is -0.117. The molecule has 0 bridgehead atoms. The highest BCUT2D eigenvalue weighted by Gasteiger charge is 2.38. The van der Waals surface area contributed by atoms with Crippen LogP contribution in [0.1, 0.15) is 57.6 Å². The van der Waals surface area contributed by atoms with Crippen molar-refractivity contribution in [2.45, 2.75) is 64.0 Å². The molecule has 1 aromatic rings. The van der Waals surface area contributed by atoms with Crippen LogP contribution in [0.25, 0.3) is 0 Å². The van der Waals surface area contributed by atoms with E-state index in [1.165, 1.54) is 37.0 Å². The van der Waals surface area contributed by atoms with Gasteiger partial charge in [-0.2, -0.15) is 0 Å². The van der Waals surface area contributed by atoms with E-state index in [0.29, 0.717) is 17.9 Å². The Morgan fingerprint density at radius 2 is 2.25 bits per heavy atom. The minimum absolute atomic E-state index is 0.0329. The number of anilines is 1. The van der Waals surface area contributed by atoms with Crippen molar-refractivity contribution >= 4 is 22.4 Å². The average Bonchev–Trinajstić information content (AvgIpc) is 3.04. The second kappa shape index (κ2) is 5.82. The molecule has 2 N–H and O–H groups in total. The number of rotatable bonds is 3. The van der Waals surface area contributed by atoms with E-state index in [4.69, 9.17) is 0 Å². The molecule has 3 atom stereocenters. The predicted octanol–water partition coefficient (Wildman–Crippen LogP) is 3.13. The summed E-state index contributed by atoms with van der Waals surface area (Å²) in [6, 6.07) is 0.525. The Kier molecular flexibility index (Phi) is 4.08. The van der Waals surface area contributed by atoms with Gasteiger partial charge in [0.15, 0.2) is 5.13 Å². The third-order valence-corrected chi connectivity index (χ3v) is 5.30. The second-order valence-corrected chi connectivity index (χ2v) is 7.19. The molecule has 0 aromatic carbocycles. The van der Waals surface area contributed by atoms with Gasteiger partial charge in [0.2, 0.25) is 5.91 Å². The first-order valence-corrected chi connectivity index (χ1v) is 8.54. The molecule has 110 valence electrons. The lowest BCUT2D eigenvalue weighted by Crippen LogP contribution is -2.39. The van der Waals surface area contributed by atoms with E-state index in [-0.39, 0.29) is 11.9 Å². The van der Waals surface area contributed by atoms with Crippen LogP contribution in [0.4, 0.5) is 5.13 Å². The zero-order valence-corrected chi connectivity index (χ0v) is 13.0. The number of thiazole rings is 1. The van der Waals surface area contributed by atoms with Crippen LogP contribution in [0.15, 0.2) is 5.38 Å². The van der Waals surface area contributed by atoms with Crippen molar-refractivity contribution in [1.82, 2.24) is 10.3 Å². The molecule has 1 aromatic heterocycles. The molecule has 5 heteroatoms. The van der Waals surface area contributed by atoms with Gasteiger partial charge in [-0.05, 0) is 31.1 Å². The summed E-state index contributed by atoms with van der Waals surface area (Å²) in [5, 5.41) is 9.24. The van der Waals surface area contributed by atoms with Crippen molar-refractivity contribution in [3.63, 3.8) is 0 Å². The molecule has 0 spiro atoms. The molecule has 1 aliphatic heterocycles. The number of hydrogen-bond donors (Lipinski definition) is 2. The molecule has 3 unspecified atom stereocenters. The molecule has 20 heavy (non-hydrogen) atoms. The van der Waals surface area contributed by atoms with Gasteiger partial charge in [-0.15, -0.1) is 11.3 Å². The molecule has 1 saturated carbocycles. The first-order valence-electron chi connectivity index (χ1n) is 7.66. The Balaban J connectivity index is 1.59. The van der Waals surface area contributed by atoms with Crippen molar-refractivity contribution < 1.29 is 4.79 Å². The van der Waals surface area contributed by atoms with Crippen LogP contribution >= 0.6 is 11.3 Å². The first-order chi connectivity index (χ1) is 9.63. The molecule has 3 rings (SSSR count). The van der Waals surface area contributed by atoms with E-state index in [9.17, 15) is 4.79 Å². The number of nitrogens with zero attached hydrogens (tertiary/aromatic N) is 1. The largest absolute Gasteiger partial charge is 0.303 e. The van der Waals surface area contributed by atoms with Crippen LogP contribution in [0, 0.1) is 5.92 Å². The SMILES string of the molecule is CC(C)c1csc(NC(=O)C2CC3CCCCC3N2)n1. The molecule has 1 amide bonds. The maximum Gasteiger partial charge on any atom is 0.243 e. The molecule has 1 saturated heterocycles. The lowest BCUT2D eigenvalue weighted by atomic mass is 9.85. The molecule has 0 radical (unpaired) electrons. The highest BCUT2D eigenvalue weighted by molar-refractivity contribution is 7.13. The monoisotopic (exact) mass is 293 g/mol. The van der Waals surface area contributed by atoms with E-state index >= 15 is 0 Å². The van der Waals surface area contributed by atoms with Crippen LogP contribution in [-0.2, 0) is 4.79 Å².